The average Bonchev–Trinajstić information content (AvgIpc) is 2.75. The predicted octanol–water partition coefficient (Wildman–Crippen LogP) is 1.22. The molecular weight excluding hydrogens is 216 g/mol. The summed E-state index contributed by atoms with van der Waals surface area (Å²) < 4.78 is 0. The Morgan fingerprint density at radius 3 is 2.47 bits per heavy atom. The average molecular weight is 236 g/mol. The molecule has 0 aromatic carbocycles. The lowest BCUT2D eigenvalue weighted by Crippen LogP contribution is -2.69. The number of hydrogen-bond acceptors (Lipinski definition) is 2. The SMILES string of the molecule is CCC1C(=O)NC(C)(C)C(=O)N1C1CC=CC1. The predicted molar refractivity (Wildman–Crippen MR) is 65.3 cm³/mol. The number of hydrogen-bond donors (Lipinski definition) is 1. The Bertz CT molecular complexity index is 366. The second-order valence-electron chi connectivity index (χ2n) is 5.35. The number of piperazine rings is 1. The maximum Gasteiger partial charge on any atom is 0.248 e. The normalized spacial score (nSPS) is 28.6. The van der Waals surface area contributed by atoms with Gasteiger partial charge in [-0.1, -0.05) is 19.1 Å². The molecule has 1 aliphatic carbocycles. The Morgan fingerprint density at radius 2 is 1.94 bits per heavy atom. The molecule has 0 aromatic heterocycles. The van der Waals surface area contributed by atoms with Gasteiger partial charge in [0.05, 0.1) is 0 Å². The Morgan fingerprint density at radius 1 is 1.35 bits per heavy atom. The summed E-state index contributed by atoms with van der Waals surface area (Å²) in [5, 5.41) is 2.81. The molecule has 0 aromatic rings. The van der Waals surface area contributed by atoms with Crippen molar-refractivity contribution in [3.05, 3.63) is 12.2 Å². The fourth-order valence-corrected chi connectivity index (χ4v) is 2.67. The van der Waals surface area contributed by atoms with E-state index < -0.39 is 5.54 Å². The molecule has 1 atom stereocenters. The van der Waals surface area contributed by atoms with Crippen molar-refractivity contribution in [2.75, 3.05) is 0 Å². The van der Waals surface area contributed by atoms with Crippen molar-refractivity contribution in [2.24, 2.45) is 0 Å². The van der Waals surface area contributed by atoms with Crippen LogP contribution in [-0.2, 0) is 9.59 Å². The van der Waals surface area contributed by atoms with E-state index in [-0.39, 0.29) is 23.9 Å². The molecular formula is C13H20N2O2. The molecule has 0 saturated carbocycles. The molecule has 1 aliphatic heterocycles. The van der Waals surface area contributed by atoms with Crippen LogP contribution in [0.25, 0.3) is 0 Å². The Hall–Kier alpha value is -1.32. The maximum atomic E-state index is 12.4. The highest BCUT2D eigenvalue weighted by molar-refractivity contribution is 5.99. The summed E-state index contributed by atoms with van der Waals surface area (Å²) in [6.45, 7) is 5.49. The van der Waals surface area contributed by atoms with Crippen LogP contribution in [-0.4, -0.2) is 34.3 Å². The lowest BCUT2D eigenvalue weighted by molar-refractivity contribution is -0.156. The van der Waals surface area contributed by atoms with Crippen molar-refractivity contribution in [2.45, 2.75) is 57.7 Å². The smallest absolute Gasteiger partial charge is 0.248 e. The largest absolute Gasteiger partial charge is 0.340 e. The van der Waals surface area contributed by atoms with Gasteiger partial charge in [0, 0.05) is 6.04 Å². The number of amides is 2. The third kappa shape index (κ3) is 1.96. The number of carbonyl (C=O) groups excluding carboxylic acids is 2. The van der Waals surface area contributed by atoms with E-state index in [9.17, 15) is 9.59 Å². The van der Waals surface area contributed by atoms with E-state index >= 15 is 0 Å². The molecule has 0 radical (unpaired) electrons. The van der Waals surface area contributed by atoms with E-state index in [0.29, 0.717) is 6.42 Å². The van der Waals surface area contributed by atoms with Gasteiger partial charge in [0.2, 0.25) is 11.8 Å². The number of nitrogens with zero attached hydrogens (tertiary/aromatic N) is 1. The van der Waals surface area contributed by atoms with Gasteiger partial charge in [-0.2, -0.15) is 0 Å². The highest BCUT2D eigenvalue weighted by Crippen LogP contribution is 2.27. The summed E-state index contributed by atoms with van der Waals surface area (Å²) in [6, 6.07) is -0.141. The first-order valence-electron chi connectivity index (χ1n) is 6.27. The summed E-state index contributed by atoms with van der Waals surface area (Å²) in [7, 11) is 0. The van der Waals surface area contributed by atoms with Crippen molar-refractivity contribution in [3.8, 4) is 0 Å². The van der Waals surface area contributed by atoms with Crippen LogP contribution in [0, 0.1) is 0 Å². The minimum Gasteiger partial charge on any atom is -0.340 e. The molecule has 0 spiro atoms. The first-order chi connectivity index (χ1) is 7.97. The van der Waals surface area contributed by atoms with Gasteiger partial charge in [-0.05, 0) is 33.1 Å². The minimum absolute atomic E-state index is 0.0241. The first kappa shape index (κ1) is 12.1. The van der Waals surface area contributed by atoms with Gasteiger partial charge in [0.1, 0.15) is 11.6 Å². The zero-order chi connectivity index (χ0) is 12.6. The van der Waals surface area contributed by atoms with Crippen molar-refractivity contribution in [3.63, 3.8) is 0 Å². The first-order valence-corrected chi connectivity index (χ1v) is 6.27. The fourth-order valence-electron chi connectivity index (χ4n) is 2.67. The van der Waals surface area contributed by atoms with Gasteiger partial charge in [0.15, 0.2) is 0 Å². The van der Waals surface area contributed by atoms with Crippen LogP contribution in [0.15, 0.2) is 12.2 Å². The van der Waals surface area contributed by atoms with E-state index in [1.165, 1.54) is 0 Å². The second-order valence-corrected chi connectivity index (χ2v) is 5.35. The van der Waals surface area contributed by atoms with E-state index in [0.717, 1.165) is 12.8 Å². The van der Waals surface area contributed by atoms with Gasteiger partial charge >= 0.3 is 0 Å². The lowest BCUT2D eigenvalue weighted by atomic mass is 9.93. The van der Waals surface area contributed by atoms with Gasteiger partial charge in [-0.3, -0.25) is 9.59 Å². The quantitative estimate of drug-likeness (QED) is 0.733. The standard InChI is InChI=1S/C13H20N2O2/c1-4-10-11(16)14-13(2,3)12(17)15(10)9-7-5-6-8-9/h5-6,9-10H,4,7-8H2,1-3H3,(H,14,16). The molecule has 1 unspecified atom stereocenters. The monoisotopic (exact) mass is 236 g/mol. The molecule has 17 heavy (non-hydrogen) atoms. The van der Waals surface area contributed by atoms with Crippen LogP contribution >= 0.6 is 0 Å². The number of rotatable bonds is 2. The molecule has 1 saturated heterocycles. The highest BCUT2D eigenvalue weighted by Gasteiger charge is 2.46. The molecule has 2 aliphatic rings. The van der Waals surface area contributed by atoms with Crippen LogP contribution < -0.4 is 5.32 Å². The lowest BCUT2D eigenvalue weighted by Gasteiger charge is -2.45. The van der Waals surface area contributed by atoms with E-state index in [4.69, 9.17) is 0 Å². The minimum atomic E-state index is -0.772. The summed E-state index contributed by atoms with van der Waals surface area (Å²) in [4.78, 5) is 26.3. The molecule has 1 N–H and O–H groups in total. The van der Waals surface area contributed by atoms with Crippen LogP contribution in [0.2, 0.25) is 0 Å². The zero-order valence-corrected chi connectivity index (χ0v) is 10.7. The Kier molecular flexibility index (Phi) is 2.98. The van der Waals surface area contributed by atoms with Gasteiger partial charge < -0.3 is 10.2 Å². The maximum absolute atomic E-state index is 12.4. The van der Waals surface area contributed by atoms with E-state index in [2.05, 4.69) is 17.5 Å². The number of carbonyl (C=O) groups is 2. The summed E-state index contributed by atoms with van der Waals surface area (Å²) in [6.07, 6.45) is 6.58. The van der Waals surface area contributed by atoms with Crippen molar-refractivity contribution >= 4 is 11.8 Å². The molecule has 94 valence electrons. The van der Waals surface area contributed by atoms with Gasteiger partial charge in [-0.25, -0.2) is 0 Å². The second kappa shape index (κ2) is 4.17. The third-order valence-corrected chi connectivity index (χ3v) is 3.61. The zero-order valence-electron chi connectivity index (χ0n) is 10.7. The van der Waals surface area contributed by atoms with Crippen LogP contribution in [0.4, 0.5) is 0 Å². The summed E-state index contributed by atoms with van der Waals surface area (Å²) in [5.74, 6) is 0.0154. The molecule has 1 heterocycles. The van der Waals surface area contributed by atoms with E-state index in [1.54, 1.807) is 18.7 Å². The Balaban J connectivity index is 2.28. The number of nitrogens with one attached hydrogen (secondary N) is 1. The fraction of sp³-hybridized carbons (Fsp3) is 0.692. The van der Waals surface area contributed by atoms with Crippen LogP contribution in [0.3, 0.4) is 0 Å². The molecule has 2 amide bonds. The molecule has 4 nitrogen and oxygen atoms in total. The van der Waals surface area contributed by atoms with Crippen molar-refractivity contribution in [1.29, 1.82) is 0 Å². The van der Waals surface area contributed by atoms with Gasteiger partial charge in [-0.15, -0.1) is 0 Å². The third-order valence-electron chi connectivity index (χ3n) is 3.61. The molecule has 0 bridgehead atoms. The topological polar surface area (TPSA) is 49.4 Å². The summed E-state index contributed by atoms with van der Waals surface area (Å²) >= 11 is 0. The van der Waals surface area contributed by atoms with Crippen LogP contribution in [0.5, 0.6) is 0 Å². The van der Waals surface area contributed by atoms with E-state index in [1.807, 2.05) is 6.92 Å². The van der Waals surface area contributed by atoms with Crippen molar-refractivity contribution in [1.82, 2.24) is 10.2 Å². The van der Waals surface area contributed by atoms with Crippen molar-refractivity contribution < 1.29 is 9.59 Å². The van der Waals surface area contributed by atoms with Gasteiger partial charge in [0.25, 0.3) is 0 Å². The Labute approximate surface area is 102 Å². The van der Waals surface area contributed by atoms with Crippen LogP contribution in [0.1, 0.15) is 40.0 Å². The molecule has 4 heteroatoms. The molecule has 2 rings (SSSR count). The summed E-state index contributed by atoms with van der Waals surface area (Å²) in [5.41, 5.74) is -0.772. The highest BCUT2D eigenvalue weighted by atomic mass is 16.2. The molecule has 1 fully saturated rings.